The zero-order valence-electron chi connectivity index (χ0n) is 15.6. The van der Waals surface area contributed by atoms with Crippen LogP contribution in [0.15, 0.2) is 34.5 Å². The lowest BCUT2D eigenvalue weighted by atomic mass is 10.1. The van der Waals surface area contributed by atoms with Gasteiger partial charge in [0.15, 0.2) is 5.75 Å². The van der Waals surface area contributed by atoms with Gasteiger partial charge in [-0.2, -0.15) is 0 Å². The van der Waals surface area contributed by atoms with Crippen molar-refractivity contribution >= 4 is 46.4 Å². The summed E-state index contributed by atoms with van der Waals surface area (Å²) in [6.45, 7) is 1.43. The molecule has 0 fully saturated rings. The van der Waals surface area contributed by atoms with Gasteiger partial charge >= 0.3 is 0 Å². The molecule has 0 aliphatic heterocycles. The molecule has 0 heterocycles. The molecule has 1 aromatic carbocycles. The summed E-state index contributed by atoms with van der Waals surface area (Å²) in [5.41, 5.74) is 4.25. The number of rotatable bonds is 12. The summed E-state index contributed by atoms with van der Waals surface area (Å²) >= 11 is 23.6. The normalized spacial score (nSPS) is 13.6. The summed E-state index contributed by atoms with van der Waals surface area (Å²) in [7, 11) is 0. The second-order valence-electron chi connectivity index (χ2n) is 6.36. The van der Waals surface area contributed by atoms with Crippen molar-refractivity contribution < 1.29 is 14.3 Å². The van der Waals surface area contributed by atoms with Crippen molar-refractivity contribution in [1.29, 1.82) is 0 Å². The fourth-order valence-corrected chi connectivity index (χ4v) is 3.36. The number of allylic oxidation sites excluding steroid dienone is 2. The first kappa shape index (κ1) is 23.5. The SMILES string of the molecule is ClC(Cl)=CCOc1cc(Cl)c(OCCCCCONC2=CCCCC2)c(Cl)c1. The molecule has 1 N–H and O–H groups in total. The van der Waals surface area contributed by atoms with Gasteiger partial charge in [0.25, 0.3) is 0 Å². The first-order chi connectivity index (χ1) is 13.6. The number of hydrogen-bond acceptors (Lipinski definition) is 4. The van der Waals surface area contributed by atoms with Gasteiger partial charge in [-0.1, -0.05) is 52.5 Å². The van der Waals surface area contributed by atoms with Crippen LogP contribution in [0.4, 0.5) is 0 Å². The maximum Gasteiger partial charge on any atom is 0.156 e. The highest BCUT2D eigenvalue weighted by Gasteiger charge is 2.10. The van der Waals surface area contributed by atoms with E-state index in [9.17, 15) is 0 Å². The number of nitrogens with one attached hydrogen (secondary N) is 1. The van der Waals surface area contributed by atoms with Crippen molar-refractivity contribution in [1.82, 2.24) is 5.48 Å². The molecule has 28 heavy (non-hydrogen) atoms. The van der Waals surface area contributed by atoms with E-state index in [1.54, 1.807) is 12.1 Å². The molecule has 0 saturated heterocycles. The van der Waals surface area contributed by atoms with E-state index in [1.807, 2.05) is 0 Å². The van der Waals surface area contributed by atoms with Gasteiger partial charge in [-0.15, -0.1) is 0 Å². The van der Waals surface area contributed by atoms with Crippen LogP contribution in [-0.4, -0.2) is 19.8 Å². The van der Waals surface area contributed by atoms with Crippen molar-refractivity contribution in [2.45, 2.75) is 44.9 Å². The molecule has 8 heteroatoms. The molecule has 0 radical (unpaired) electrons. The molecule has 1 aliphatic rings. The Morgan fingerprint density at radius 3 is 2.43 bits per heavy atom. The summed E-state index contributed by atoms with van der Waals surface area (Å²) < 4.78 is 11.3. The standard InChI is InChI=1S/C20H25Cl4NO3/c21-17-13-16(26-12-9-19(23)24)14-18(22)20(17)27-10-5-2-6-11-28-25-15-7-3-1-4-8-15/h7,9,13-14,25H,1-6,8,10-12H2. The molecule has 0 saturated carbocycles. The zero-order valence-corrected chi connectivity index (χ0v) is 18.6. The summed E-state index contributed by atoms with van der Waals surface area (Å²) in [4.78, 5) is 5.50. The molecule has 0 bridgehead atoms. The average molecular weight is 469 g/mol. The van der Waals surface area contributed by atoms with E-state index >= 15 is 0 Å². The Kier molecular flexibility index (Phi) is 11.3. The lowest BCUT2D eigenvalue weighted by molar-refractivity contribution is 0.0559. The fraction of sp³-hybridized carbons (Fsp3) is 0.500. The van der Waals surface area contributed by atoms with E-state index in [-0.39, 0.29) is 11.1 Å². The third-order valence-corrected chi connectivity index (χ3v) is 4.96. The van der Waals surface area contributed by atoms with Crippen LogP contribution in [0.1, 0.15) is 44.9 Å². The molecule has 0 unspecified atom stereocenters. The molecule has 1 aliphatic carbocycles. The Morgan fingerprint density at radius 2 is 1.75 bits per heavy atom. The minimum Gasteiger partial charge on any atom is -0.490 e. The van der Waals surface area contributed by atoms with Crippen molar-refractivity contribution in [2.75, 3.05) is 19.8 Å². The predicted molar refractivity (Wildman–Crippen MR) is 117 cm³/mol. The smallest absolute Gasteiger partial charge is 0.156 e. The van der Waals surface area contributed by atoms with Crippen LogP contribution < -0.4 is 15.0 Å². The maximum absolute atomic E-state index is 6.24. The molecule has 0 aromatic heterocycles. The number of ether oxygens (including phenoxy) is 2. The van der Waals surface area contributed by atoms with E-state index in [0.717, 1.165) is 32.1 Å². The molecular formula is C20H25Cl4NO3. The third kappa shape index (κ3) is 9.15. The van der Waals surface area contributed by atoms with Gasteiger partial charge in [-0.3, -0.25) is 10.3 Å². The van der Waals surface area contributed by atoms with Gasteiger partial charge in [0.05, 0.1) is 23.3 Å². The lowest BCUT2D eigenvalue weighted by Gasteiger charge is -2.14. The van der Waals surface area contributed by atoms with Gasteiger partial charge in [0.2, 0.25) is 0 Å². The zero-order chi connectivity index (χ0) is 20.2. The van der Waals surface area contributed by atoms with Crippen molar-refractivity contribution in [3.63, 3.8) is 0 Å². The van der Waals surface area contributed by atoms with Crippen molar-refractivity contribution in [3.05, 3.63) is 44.5 Å². The molecule has 1 aromatic rings. The highest BCUT2D eigenvalue weighted by molar-refractivity contribution is 6.55. The number of hydroxylamine groups is 1. The summed E-state index contributed by atoms with van der Waals surface area (Å²) in [6.07, 6.45) is 11.3. The molecule has 0 atom stereocenters. The van der Waals surface area contributed by atoms with Gasteiger partial charge in [0, 0.05) is 17.8 Å². The lowest BCUT2D eigenvalue weighted by Crippen LogP contribution is -2.16. The molecule has 0 spiro atoms. The Balaban J connectivity index is 1.61. The molecular weight excluding hydrogens is 444 g/mol. The summed E-state index contributed by atoms with van der Waals surface area (Å²) in [5.74, 6) is 0.981. The summed E-state index contributed by atoms with van der Waals surface area (Å²) in [5, 5.41) is 0.800. The first-order valence-corrected chi connectivity index (χ1v) is 10.9. The molecule has 0 amide bonds. The van der Waals surface area contributed by atoms with Gasteiger partial charge in [-0.05, 0) is 51.0 Å². The number of unbranched alkanes of at least 4 members (excludes halogenated alkanes) is 2. The van der Waals surface area contributed by atoms with E-state index in [1.165, 1.54) is 24.6 Å². The van der Waals surface area contributed by atoms with Crippen LogP contribution in [0.25, 0.3) is 0 Å². The highest BCUT2D eigenvalue weighted by atomic mass is 35.5. The van der Waals surface area contributed by atoms with E-state index in [0.29, 0.717) is 34.8 Å². The topological polar surface area (TPSA) is 39.7 Å². The average Bonchev–Trinajstić information content (AvgIpc) is 2.66. The van der Waals surface area contributed by atoms with Crippen molar-refractivity contribution in [3.8, 4) is 11.5 Å². The largest absolute Gasteiger partial charge is 0.490 e. The van der Waals surface area contributed by atoms with Crippen LogP contribution in [0.2, 0.25) is 10.0 Å². The van der Waals surface area contributed by atoms with Crippen LogP contribution in [0.3, 0.4) is 0 Å². The van der Waals surface area contributed by atoms with Crippen LogP contribution in [-0.2, 0) is 4.84 Å². The Bertz CT molecular complexity index is 652. The third-order valence-electron chi connectivity index (χ3n) is 4.09. The quantitative estimate of drug-likeness (QED) is 0.259. The van der Waals surface area contributed by atoms with Crippen LogP contribution in [0, 0.1) is 0 Å². The summed E-state index contributed by atoms with van der Waals surface area (Å²) in [6, 6.07) is 3.30. The van der Waals surface area contributed by atoms with Crippen LogP contribution >= 0.6 is 46.4 Å². The molecule has 2 rings (SSSR count). The molecule has 4 nitrogen and oxygen atoms in total. The minimum absolute atomic E-state index is 0.143. The molecule has 156 valence electrons. The Labute approximate surface area is 186 Å². The Morgan fingerprint density at radius 1 is 1.00 bits per heavy atom. The van der Waals surface area contributed by atoms with Crippen molar-refractivity contribution in [2.24, 2.45) is 0 Å². The minimum atomic E-state index is 0.143. The van der Waals surface area contributed by atoms with E-state index in [4.69, 9.17) is 60.7 Å². The van der Waals surface area contributed by atoms with Gasteiger partial charge in [0.1, 0.15) is 16.8 Å². The van der Waals surface area contributed by atoms with E-state index in [2.05, 4.69) is 11.6 Å². The van der Waals surface area contributed by atoms with Crippen LogP contribution in [0.5, 0.6) is 11.5 Å². The fourth-order valence-electron chi connectivity index (χ4n) is 2.66. The first-order valence-electron chi connectivity index (χ1n) is 9.39. The van der Waals surface area contributed by atoms with E-state index < -0.39 is 0 Å². The second-order valence-corrected chi connectivity index (χ2v) is 8.18. The highest BCUT2D eigenvalue weighted by Crippen LogP contribution is 2.37. The maximum atomic E-state index is 6.24. The second kappa shape index (κ2) is 13.4. The number of benzene rings is 1. The Hall–Kier alpha value is -0.780. The predicted octanol–water partition coefficient (Wildman–Crippen LogP) is 7.22. The van der Waals surface area contributed by atoms with Gasteiger partial charge in [-0.25, -0.2) is 0 Å². The number of halogens is 4. The monoisotopic (exact) mass is 467 g/mol. The van der Waals surface area contributed by atoms with Gasteiger partial charge < -0.3 is 9.47 Å². The number of hydrogen-bond donors (Lipinski definition) is 1.